The number of hydrogen-bond donors (Lipinski definition) is 0. The smallest absolute Gasteiger partial charge is 0.0496 e. The van der Waals surface area contributed by atoms with Crippen LogP contribution in [0.25, 0.3) is 55.2 Å². The van der Waals surface area contributed by atoms with Crippen molar-refractivity contribution in [3.8, 4) is 33.4 Å². The molecule has 0 spiro atoms. The van der Waals surface area contributed by atoms with E-state index in [-0.39, 0.29) is 5.54 Å². The Morgan fingerprint density at radius 2 is 0.812 bits per heavy atom. The maximum Gasteiger partial charge on any atom is 0.0496 e. The molecular weight excluding hydrogens is 581 g/mol. The van der Waals surface area contributed by atoms with Crippen molar-refractivity contribution < 1.29 is 0 Å². The van der Waals surface area contributed by atoms with Gasteiger partial charge in [0.05, 0.1) is 0 Å². The van der Waals surface area contributed by atoms with Gasteiger partial charge in [-0.1, -0.05) is 121 Å². The number of aromatic nitrogens is 1. The zero-order valence-electron chi connectivity index (χ0n) is 27.6. The Morgan fingerprint density at radius 3 is 1.40 bits per heavy atom. The molecule has 8 aromatic rings. The Balaban J connectivity index is 1.23. The summed E-state index contributed by atoms with van der Waals surface area (Å²) in [5.74, 6) is 0. The highest BCUT2D eigenvalue weighted by Crippen LogP contribution is 2.40. The molecule has 0 N–H and O–H groups in total. The summed E-state index contributed by atoms with van der Waals surface area (Å²) in [5, 5.41) is 2.58. The molecule has 232 valence electrons. The van der Waals surface area contributed by atoms with Crippen molar-refractivity contribution in [2.24, 2.45) is 0 Å². The van der Waals surface area contributed by atoms with E-state index < -0.39 is 0 Å². The Bertz CT molecular complexity index is 2260. The summed E-state index contributed by atoms with van der Waals surface area (Å²) in [6.45, 7) is 6.84. The van der Waals surface area contributed by atoms with Gasteiger partial charge in [-0.05, 0) is 109 Å². The molecule has 0 saturated heterocycles. The molecule has 0 aliphatic carbocycles. The lowest BCUT2D eigenvalue weighted by Crippen LogP contribution is -2.21. The first kappa shape index (κ1) is 29.5. The van der Waals surface area contributed by atoms with E-state index in [0.717, 1.165) is 17.1 Å². The summed E-state index contributed by atoms with van der Waals surface area (Å²) in [7, 11) is 0. The molecule has 0 atom stereocenters. The van der Waals surface area contributed by atoms with Gasteiger partial charge in [-0.3, -0.25) is 0 Å². The third-order valence-electron chi connectivity index (χ3n) is 9.25. The van der Waals surface area contributed by atoms with Crippen LogP contribution in [0.2, 0.25) is 0 Å². The average molecular weight is 619 g/mol. The van der Waals surface area contributed by atoms with Crippen molar-refractivity contribution in [1.29, 1.82) is 0 Å². The van der Waals surface area contributed by atoms with E-state index in [1.165, 1.54) is 55.2 Å². The van der Waals surface area contributed by atoms with E-state index in [0.29, 0.717) is 0 Å². The van der Waals surface area contributed by atoms with Crippen molar-refractivity contribution in [2.45, 2.75) is 26.3 Å². The minimum absolute atomic E-state index is 0.0323. The van der Waals surface area contributed by atoms with Gasteiger partial charge in [0, 0.05) is 44.4 Å². The van der Waals surface area contributed by atoms with Gasteiger partial charge >= 0.3 is 0 Å². The first-order valence-corrected chi connectivity index (χ1v) is 16.7. The van der Waals surface area contributed by atoms with Gasteiger partial charge in [-0.2, -0.15) is 0 Å². The minimum Gasteiger partial charge on any atom is -0.335 e. The van der Waals surface area contributed by atoms with Crippen LogP contribution in [0.4, 0.5) is 17.1 Å². The van der Waals surface area contributed by atoms with Gasteiger partial charge < -0.3 is 9.47 Å². The molecule has 1 heterocycles. The van der Waals surface area contributed by atoms with Crippen LogP contribution in [0.1, 0.15) is 20.8 Å². The van der Waals surface area contributed by atoms with E-state index in [1.807, 2.05) is 0 Å². The monoisotopic (exact) mass is 618 g/mol. The van der Waals surface area contributed by atoms with E-state index in [1.54, 1.807) is 0 Å². The lowest BCUT2D eigenvalue weighted by atomic mass is 10.0. The van der Waals surface area contributed by atoms with Crippen molar-refractivity contribution in [2.75, 3.05) is 4.90 Å². The van der Waals surface area contributed by atoms with Crippen LogP contribution in [0.3, 0.4) is 0 Å². The van der Waals surface area contributed by atoms with Gasteiger partial charge in [0.25, 0.3) is 0 Å². The van der Waals surface area contributed by atoms with E-state index in [4.69, 9.17) is 0 Å². The highest BCUT2D eigenvalue weighted by Gasteiger charge is 2.21. The number of nitrogens with zero attached hydrogens (tertiary/aromatic N) is 2. The standard InChI is InChI=1S/C46H38N2/c1-46(2,3)48-44-20-11-10-19-42(44)43-32-38(25-30-45(43)48)37-17-12-18-41(31-37)47(39-26-21-35(22-27-39)33-13-6-4-7-14-33)40-28-23-36(24-29-40)34-15-8-5-9-16-34/h4-32H,1-3H3. The number of fused-ring (bicyclic) bond motifs is 3. The fraction of sp³-hybridized carbons (Fsp3) is 0.0870. The Hall–Kier alpha value is -5.86. The van der Waals surface area contributed by atoms with E-state index in [2.05, 4.69) is 206 Å². The van der Waals surface area contributed by atoms with Gasteiger partial charge in [-0.25, -0.2) is 0 Å². The largest absolute Gasteiger partial charge is 0.335 e. The normalized spacial score (nSPS) is 11.6. The lowest BCUT2D eigenvalue weighted by Gasteiger charge is -2.26. The van der Waals surface area contributed by atoms with Gasteiger partial charge in [-0.15, -0.1) is 0 Å². The summed E-state index contributed by atoms with van der Waals surface area (Å²) in [6, 6.07) is 63.6. The van der Waals surface area contributed by atoms with Crippen molar-refractivity contribution >= 4 is 38.9 Å². The number of para-hydroxylation sites is 1. The van der Waals surface area contributed by atoms with Crippen molar-refractivity contribution in [1.82, 2.24) is 4.57 Å². The third-order valence-corrected chi connectivity index (χ3v) is 9.25. The molecule has 0 amide bonds. The van der Waals surface area contributed by atoms with Crippen LogP contribution in [0.15, 0.2) is 176 Å². The molecule has 2 heteroatoms. The molecule has 0 aliphatic rings. The summed E-state index contributed by atoms with van der Waals surface area (Å²) >= 11 is 0. The van der Waals surface area contributed by atoms with Crippen LogP contribution in [-0.2, 0) is 5.54 Å². The zero-order valence-corrected chi connectivity index (χ0v) is 27.6. The number of hydrogen-bond acceptors (Lipinski definition) is 1. The lowest BCUT2D eigenvalue weighted by molar-refractivity contribution is 0.423. The van der Waals surface area contributed by atoms with Crippen LogP contribution in [0, 0.1) is 0 Å². The van der Waals surface area contributed by atoms with Gasteiger partial charge in [0.2, 0.25) is 0 Å². The summed E-state index contributed by atoms with van der Waals surface area (Å²) in [5.41, 5.74) is 13.1. The van der Waals surface area contributed by atoms with Gasteiger partial charge in [0.1, 0.15) is 0 Å². The number of anilines is 3. The molecule has 0 saturated carbocycles. The first-order valence-electron chi connectivity index (χ1n) is 16.7. The molecule has 48 heavy (non-hydrogen) atoms. The molecule has 0 radical (unpaired) electrons. The minimum atomic E-state index is -0.0323. The molecular formula is C46H38N2. The fourth-order valence-electron chi connectivity index (χ4n) is 7.01. The third kappa shape index (κ3) is 5.46. The topological polar surface area (TPSA) is 8.17 Å². The highest BCUT2D eigenvalue weighted by molar-refractivity contribution is 6.09. The molecule has 0 bridgehead atoms. The fourth-order valence-corrected chi connectivity index (χ4v) is 7.01. The van der Waals surface area contributed by atoms with Crippen molar-refractivity contribution in [3.05, 3.63) is 176 Å². The van der Waals surface area contributed by atoms with Crippen LogP contribution >= 0.6 is 0 Å². The zero-order chi connectivity index (χ0) is 32.7. The SMILES string of the molecule is CC(C)(C)n1c2ccccc2c2cc(-c3cccc(N(c4ccc(-c5ccccc5)cc4)c4ccc(-c5ccccc5)cc4)c3)ccc21. The Labute approximate surface area is 283 Å². The Morgan fingerprint density at radius 1 is 0.354 bits per heavy atom. The van der Waals surface area contributed by atoms with E-state index >= 15 is 0 Å². The van der Waals surface area contributed by atoms with Crippen LogP contribution < -0.4 is 4.90 Å². The maximum absolute atomic E-state index is 2.47. The number of rotatable bonds is 6. The molecule has 0 aliphatic heterocycles. The maximum atomic E-state index is 2.47. The quantitative estimate of drug-likeness (QED) is 0.180. The Kier molecular flexibility index (Phi) is 7.42. The average Bonchev–Trinajstić information content (AvgIpc) is 3.48. The summed E-state index contributed by atoms with van der Waals surface area (Å²) in [4.78, 5) is 2.36. The molecule has 1 aromatic heterocycles. The van der Waals surface area contributed by atoms with Crippen molar-refractivity contribution in [3.63, 3.8) is 0 Å². The predicted molar refractivity (Wildman–Crippen MR) is 205 cm³/mol. The molecule has 0 unspecified atom stereocenters. The van der Waals surface area contributed by atoms with Crippen LogP contribution in [0.5, 0.6) is 0 Å². The van der Waals surface area contributed by atoms with E-state index in [9.17, 15) is 0 Å². The summed E-state index contributed by atoms with van der Waals surface area (Å²) < 4.78 is 2.47. The molecule has 7 aromatic carbocycles. The second-order valence-electron chi connectivity index (χ2n) is 13.5. The first-order chi connectivity index (χ1) is 23.4. The number of benzene rings is 7. The van der Waals surface area contributed by atoms with Crippen LogP contribution in [-0.4, -0.2) is 4.57 Å². The second-order valence-corrected chi connectivity index (χ2v) is 13.5. The molecule has 2 nitrogen and oxygen atoms in total. The van der Waals surface area contributed by atoms with Gasteiger partial charge in [0.15, 0.2) is 0 Å². The molecule has 8 rings (SSSR count). The second kappa shape index (κ2) is 12.1. The highest BCUT2D eigenvalue weighted by atomic mass is 15.1. The predicted octanol–water partition coefficient (Wildman–Crippen LogP) is 13.0. The molecule has 0 fully saturated rings. The summed E-state index contributed by atoms with van der Waals surface area (Å²) in [6.07, 6.45) is 0.